The highest BCUT2D eigenvalue weighted by Gasteiger charge is 2.18. The van der Waals surface area contributed by atoms with Gasteiger partial charge >= 0.3 is 0 Å². The lowest BCUT2D eigenvalue weighted by molar-refractivity contribution is 0.102. The molecule has 3 rings (SSSR count). The van der Waals surface area contributed by atoms with E-state index in [0.717, 1.165) is 19.0 Å². The van der Waals surface area contributed by atoms with Crippen LogP contribution in [0.4, 0.5) is 10.2 Å². The van der Waals surface area contributed by atoms with Crippen molar-refractivity contribution < 1.29 is 13.9 Å². The number of amides is 1. The van der Waals surface area contributed by atoms with E-state index in [1.165, 1.54) is 25.0 Å². The van der Waals surface area contributed by atoms with Crippen molar-refractivity contribution in [3.8, 4) is 5.75 Å². The number of nitrogens with one attached hydrogen (secondary N) is 1. The molecule has 0 unspecified atom stereocenters. The number of anilines is 1. The molecule has 2 aromatic heterocycles. The van der Waals surface area contributed by atoms with Crippen LogP contribution in [0, 0.1) is 12.7 Å². The summed E-state index contributed by atoms with van der Waals surface area (Å²) in [6, 6.07) is 6.09. The van der Waals surface area contributed by atoms with Crippen LogP contribution in [0.25, 0.3) is 0 Å². The van der Waals surface area contributed by atoms with Crippen LogP contribution in [-0.4, -0.2) is 22.0 Å². The number of aryl methyl sites for hydroxylation is 1. The van der Waals surface area contributed by atoms with Crippen molar-refractivity contribution in [2.45, 2.75) is 38.7 Å². The number of carbonyl (C=O) groups excluding carboxylic acids is 1. The number of hydrogen-bond donors (Lipinski definition) is 1. The lowest BCUT2D eigenvalue weighted by Gasteiger charge is -2.14. The summed E-state index contributed by atoms with van der Waals surface area (Å²) in [5.41, 5.74) is 0.960. The van der Waals surface area contributed by atoms with E-state index < -0.39 is 11.7 Å². The molecule has 1 N–H and O–H groups in total. The Hall–Kier alpha value is -2.50. The quantitative estimate of drug-likeness (QED) is 0.938. The molecule has 1 aliphatic carbocycles. The minimum atomic E-state index is -0.455. The number of hydrogen-bond acceptors (Lipinski definition) is 4. The van der Waals surface area contributed by atoms with Gasteiger partial charge in [0.05, 0.1) is 12.3 Å². The number of carbonyl (C=O) groups is 1. The van der Waals surface area contributed by atoms with E-state index in [-0.39, 0.29) is 17.6 Å². The molecule has 1 aliphatic rings. The first-order chi connectivity index (χ1) is 11.1. The van der Waals surface area contributed by atoms with Gasteiger partial charge < -0.3 is 10.1 Å². The van der Waals surface area contributed by atoms with Crippen molar-refractivity contribution in [1.29, 1.82) is 0 Å². The van der Waals surface area contributed by atoms with E-state index in [0.29, 0.717) is 11.4 Å². The third-order valence-corrected chi connectivity index (χ3v) is 3.73. The molecule has 23 heavy (non-hydrogen) atoms. The van der Waals surface area contributed by atoms with Crippen LogP contribution in [0.2, 0.25) is 0 Å². The Morgan fingerprint density at radius 1 is 1.30 bits per heavy atom. The van der Waals surface area contributed by atoms with E-state index in [4.69, 9.17) is 4.74 Å². The predicted octanol–water partition coefficient (Wildman–Crippen LogP) is 3.50. The highest BCUT2D eigenvalue weighted by atomic mass is 19.1. The van der Waals surface area contributed by atoms with Gasteiger partial charge in [-0.2, -0.15) is 0 Å². The van der Waals surface area contributed by atoms with Crippen molar-refractivity contribution >= 4 is 11.7 Å². The highest BCUT2D eigenvalue weighted by molar-refractivity contribution is 6.02. The summed E-state index contributed by atoms with van der Waals surface area (Å²) < 4.78 is 18.8. The summed E-state index contributed by atoms with van der Waals surface area (Å²) >= 11 is 0. The predicted molar refractivity (Wildman–Crippen MR) is 84.0 cm³/mol. The monoisotopic (exact) mass is 315 g/mol. The fourth-order valence-electron chi connectivity index (χ4n) is 2.65. The number of halogens is 1. The number of ether oxygens (including phenoxy) is 1. The molecule has 0 radical (unpaired) electrons. The molecule has 0 spiro atoms. The molecule has 0 aliphatic heterocycles. The number of pyridine rings is 2. The van der Waals surface area contributed by atoms with Crippen LogP contribution in [0.3, 0.4) is 0 Å². The SMILES string of the molecule is Cc1cc(OC2CCCC2)cc(C(=O)Nc2ccc(F)cn2)n1. The third-order valence-electron chi connectivity index (χ3n) is 3.73. The number of nitrogens with zero attached hydrogens (tertiary/aromatic N) is 2. The highest BCUT2D eigenvalue weighted by Crippen LogP contribution is 2.25. The fourth-order valence-corrected chi connectivity index (χ4v) is 2.65. The Morgan fingerprint density at radius 3 is 2.78 bits per heavy atom. The Labute approximate surface area is 133 Å². The summed E-state index contributed by atoms with van der Waals surface area (Å²) in [4.78, 5) is 20.3. The first kappa shape index (κ1) is 15.4. The van der Waals surface area contributed by atoms with Crippen molar-refractivity contribution in [2.75, 3.05) is 5.32 Å². The van der Waals surface area contributed by atoms with Gasteiger partial charge in [-0.1, -0.05) is 0 Å². The molecule has 1 saturated carbocycles. The fraction of sp³-hybridized carbons (Fsp3) is 0.353. The molecule has 120 valence electrons. The Kier molecular flexibility index (Phi) is 4.50. The van der Waals surface area contributed by atoms with Gasteiger partial charge in [-0.05, 0) is 44.7 Å². The van der Waals surface area contributed by atoms with Gasteiger partial charge in [0.1, 0.15) is 23.1 Å². The average molecular weight is 315 g/mol. The second-order valence-corrected chi connectivity index (χ2v) is 5.67. The lowest BCUT2D eigenvalue weighted by atomic mass is 10.2. The standard InChI is InChI=1S/C17H18FN3O2/c1-11-8-14(23-13-4-2-3-5-13)9-15(20-11)17(22)21-16-7-6-12(18)10-19-16/h6-10,13H,2-5H2,1H3,(H,19,21,22). The summed E-state index contributed by atoms with van der Waals surface area (Å²) in [7, 11) is 0. The summed E-state index contributed by atoms with van der Waals surface area (Å²) in [5.74, 6) is 0.0765. The van der Waals surface area contributed by atoms with Crippen molar-refractivity contribution in [3.05, 3.63) is 47.7 Å². The molecule has 0 aromatic carbocycles. The molecule has 1 fully saturated rings. The van der Waals surface area contributed by atoms with E-state index in [1.54, 1.807) is 6.07 Å². The van der Waals surface area contributed by atoms with E-state index >= 15 is 0 Å². The maximum Gasteiger partial charge on any atom is 0.275 e. The third kappa shape index (κ3) is 4.03. The zero-order valence-corrected chi connectivity index (χ0v) is 12.9. The maximum absolute atomic E-state index is 12.8. The molecular formula is C17H18FN3O2. The second-order valence-electron chi connectivity index (χ2n) is 5.67. The van der Waals surface area contributed by atoms with Gasteiger partial charge in [-0.25, -0.2) is 14.4 Å². The van der Waals surface area contributed by atoms with Crippen molar-refractivity contribution in [3.63, 3.8) is 0 Å². The Balaban J connectivity index is 1.74. The molecule has 0 bridgehead atoms. The molecule has 6 heteroatoms. The Bertz CT molecular complexity index is 697. The summed E-state index contributed by atoms with van der Waals surface area (Å²) in [5, 5.41) is 2.60. The van der Waals surface area contributed by atoms with Gasteiger partial charge in [0.2, 0.25) is 0 Å². The summed E-state index contributed by atoms with van der Waals surface area (Å²) in [6.45, 7) is 1.81. The molecule has 0 atom stereocenters. The first-order valence-electron chi connectivity index (χ1n) is 7.68. The molecule has 2 heterocycles. The molecular weight excluding hydrogens is 297 g/mol. The van der Waals surface area contributed by atoms with Crippen LogP contribution >= 0.6 is 0 Å². The summed E-state index contributed by atoms with van der Waals surface area (Å²) in [6.07, 6.45) is 5.71. The van der Waals surface area contributed by atoms with Gasteiger partial charge in [-0.3, -0.25) is 4.79 Å². The van der Waals surface area contributed by atoms with Crippen LogP contribution in [-0.2, 0) is 0 Å². The first-order valence-corrected chi connectivity index (χ1v) is 7.68. The topological polar surface area (TPSA) is 64.1 Å². The largest absolute Gasteiger partial charge is 0.490 e. The number of rotatable bonds is 4. The van der Waals surface area contributed by atoms with E-state index in [2.05, 4.69) is 15.3 Å². The van der Waals surface area contributed by atoms with Crippen LogP contribution in [0.5, 0.6) is 5.75 Å². The van der Waals surface area contributed by atoms with Gasteiger partial charge in [0, 0.05) is 17.8 Å². The van der Waals surface area contributed by atoms with Gasteiger partial charge in [0.25, 0.3) is 5.91 Å². The van der Waals surface area contributed by atoms with Crippen molar-refractivity contribution in [1.82, 2.24) is 9.97 Å². The van der Waals surface area contributed by atoms with Gasteiger partial charge in [-0.15, -0.1) is 0 Å². The second kappa shape index (κ2) is 6.73. The smallest absolute Gasteiger partial charge is 0.275 e. The minimum Gasteiger partial charge on any atom is -0.490 e. The molecule has 1 amide bonds. The van der Waals surface area contributed by atoms with E-state index in [9.17, 15) is 9.18 Å². The zero-order valence-electron chi connectivity index (χ0n) is 12.9. The molecule has 0 saturated heterocycles. The average Bonchev–Trinajstić information content (AvgIpc) is 3.02. The van der Waals surface area contributed by atoms with Gasteiger partial charge in [0.15, 0.2) is 0 Å². The van der Waals surface area contributed by atoms with Crippen molar-refractivity contribution in [2.24, 2.45) is 0 Å². The zero-order chi connectivity index (χ0) is 16.2. The molecule has 5 nitrogen and oxygen atoms in total. The maximum atomic E-state index is 12.8. The van der Waals surface area contributed by atoms with Crippen LogP contribution < -0.4 is 10.1 Å². The van der Waals surface area contributed by atoms with Crippen LogP contribution in [0.1, 0.15) is 41.9 Å². The van der Waals surface area contributed by atoms with E-state index in [1.807, 2.05) is 13.0 Å². The Morgan fingerprint density at radius 2 is 2.09 bits per heavy atom. The van der Waals surface area contributed by atoms with Crippen LogP contribution in [0.15, 0.2) is 30.5 Å². The normalized spacial score (nSPS) is 14.7. The lowest BCUT2D eigenvalue weighted by Crippen LogP contribution is -2.16. The minimum absolute atomic E-state index is 0.214. The molecule has 2 aromatic rings. The number of aromatic nitrogens is 2.